The van der Waals surface area contributed by atoms with Gasteiger partial charge in [0, 0.05) is 18.6 Å². The molecule has 3 nitrogen and oxygen atoms in total. The van der Waals surface area contributed by atoms with Crippen molar-refractivity contribution in [1.82, 2.24) is 4.90 Å². The molecule has 1 aromatic rings. The van der Waals surface area contributed by atoms with E-state index in [-0.39, 0.29) is 6.04 Å². The average molecular weight is 234 g/mol. The van der Waals surface area contributed by atoms with Gasteiger partial charge in [-0.25, -0.2) is 0 Å². The van der Waals surface area contributed by atoms with Gasteiger partial charge in [-0.3, -0.25) is 4.90 Å². The Morgan fingerprint density at radius 1 is 1.47 bits per heavy atom. The van der Waals surface area contributed by atoms with E-state index in [1.165, 1.54) is 5.56 Å². The number of nitrogens with zero attached hydrogens (tertiary/aromatic N) is 1. The maximum absolute atomic E-state index is 6.17. The predicted molar refractivity (Wildman–Crippen MR) is 70.2 cm³/mol. The minimum Gasteiger partial charge on any atom is -0.494 e. The number of benzene rings is 1. The molecule has 0 amide bonds. The highest BCUT2D eigenvalue weighted by Crippen LogP contribution is 2.31. The third-order valence-electron chi connectivity index (χ3n) is 3.37. The van der Waals surface area contributed by atoms with Crippen molar-refractivity contribution in [2.24, 2.45) is 5.73 Å². The van der Waals surface area contributed by atoms with Gasteiger partial charge in [0.05, 0.1) is 6.61 Å². The van der Waals surface area contributed by atoms with E-state index in [0.717, 1.165) is 31.7 Å². The van der Waals surface area contributed by atoms with Crippen LogP contribution in [0.2, 0.25) is 0 Å². The molecule has 1 saturated heterocycles. The topological polar surface area (TPSA) is 38.5 Å². The second-order valence-electron chi connectivity index (χ2n) is 4.80. The fourth-order valence-electron chi connectivity index (χ4n) is 2.49. The quantitative estimate of drug-likeness (QED) is 0.868. The van der Waals surface area contributed by atoms with Crippen LogP contribution in [0, 0.1) is 0 Å². The minimum atomic E-state index is 0.237. The molecule has 2 unspecified atom stereocenters. The Kier molecular flexibility index (Phi) is 4.02. The van der Waals surface area contributed by atoms with Gasteiger partial charge in [-0.1, -0.05) is 19.1 Å². The standard InChI is InChI=1S/C14H22N2O/c1-3-9-17-12-6-4-5-11(10-12)14-13(15)7-8-16(14)2/h4-6,10,13-14H,3,7-9,15H2,1-2H3. The summed E-state index contributed by atoms with van der Waals surface area (Å²) in [6.45, 7) is 3.96. The van der Waals surface area contributed by atoms with Crippen LogP contribution < -0.4 is 10.5 Å². The first-order valence-corrected chi connectivity index (χ1v) is 6.41. The van der Waals surface area contributed by atoms with E-state index in [1.54, 1.807) is 0 Å². The van der Waals surface area contributed by atoms with Crippen molar-refractivity contribution in [3.05, 3.63) is 29.8 Å². The summed E-state index contributed by atoms with van der Waals surface area (Å²) < 4.78 is 5.67. The summed E-state index contributed by atoms with van der Waals surface area (Å²) >= 11 is 0. The number of ether oxygens (including phenoxy) is 1. The SMILES string of the molecule is CCCOc1cccc(C2C(N)CCN2C)c1. The fraction of sp³-hybridized carbons (Fsp3) is 0.571. The highest BCUT2D eigenvalue weighted by molar-refractivity contribution is 5.32. The molecule has 1 aromatic carbocycles. The van der Waals surface area contributed by atoms with Gasteiger partial charge in [-0.15, -0.1) is 0 Å². The molecule has 0 bridgehead atoms. The zero-order valence-corrected chi connectivity index (χ0v) is 10.7. The smallest absolute Gasteiger partial charge is 0.119 e. The van der Waals surface area contributed by atoms with Gasteiger partial charge in [0.2, 0.25) is 0 Å². The number of nitrogens with two attached hydrogens (primary N) is 1. The van der Waals surface area contributed by atoms with E-state index in [9.17, 15) is 0 Å². The molecule has 2 atom stereocenters. The summed E-state index contributed by atoms with van der Waals surface area (Å²) in [5, 5.41) is 0. The Bertz CT molecular complexity index is 357. The molecular formula is C14H22N2O. The Balaban J connectivity index is 2.14. The van der Waals surface area contributed by atoms with Crippen LogP contribution in [0.15, 0.2) is 24.3 Å². The summed E-state index contributed by atoms with van der Waals surface area (Å²) in [5.74, 6) is 0.955. The molecule has 1 fully saturated rings. The van der Waals surface area contributed by atoms with Gasteiger partial charge in [-0.2, -0.15) is 0 Å². The van der Waals surface area contributed by atoms with E-state index < -0.39 is 0 Å². The van der Waals surface area contributed by atoms with Gasteiger partial charge in [-0.05, 0) is 37.6 Å². The van der Waals surface area contributed by atoms with E-state index in [0.29, 0.717) is 6.04 Å². The van der Waals surface area contributed by atoms with Crippen molar-refractivity contribution >= 4 is 0 Å². The van der Waals surface area contributed by atoms with Crippen LogP contribution in [-0.4, -0.2) is 31.1 Å². The zero-order chi connectivity index (χ0) is 12.3. The molecule has 1 heterocycles. The molecule has 2 rings (SSSR count). The molecule has 17 heavy (non-hydrogen) atoms. The first-order chi connectivity index (χ1) is 8.22. The number of likely N-dealkylation sites (tertiary alicyclic amines) is 1. The number of rotatable bonds is 4. The minimum absolute atomic E-state index is 0.237. The lowest BCUT2D eigenvalue weighted by molar-refractivity contribution is 0.298. The van der Waals surface area contributed by atoms with Crippen LogP contribution in [0.1, 0.15) is 31.4 Å². The lowest BCUT2D eigenvalue weighted by Crippen LogP contribution is -2.29. The van der Waals surface area contributed by atoms with Crippen LogP contribution in [0.5, 0.6) is 5.75 Å². The number of hydrogen-bond acceptors (Lipinski definition) is 3. The van der Waals surface area contributed by atoms with Crippen LogP contribution >= 0.6 is 0 Å². The number of hydrogen-bond donors (Lipinski definition) is 1. The molecule has 0 radical (unpaired) electrons. The molecule has 1 aliphatic rings. The van der Waals surface area contributed by atoms with Crippen molar-refractivity contribution in [2.45, 2.75) is 31.8 Å². The monoisotopic (exact) mass is 234 g/mol. The summed E-state index contributed by atoms with van der Waals surface area (Å²) in [5.41, 5.74) is 7.44. The Morgan fingerprint density at radius 2 is 2.29 bits per heavy atom. The van der Waals surface area contributed by atoms with Crippen molar-refractivity contribution in [3.8, 4) is 5.75 Å². The second-order valence-corrected chi connectivity index (χ2v) is 4.80. The lowest BCUT2D eigenvalue weighted by atomic mass is 10.0. The Hall–Kier alpha value is -1.06. The highest BCUT2D eigenvalue weighted by Gasteiger charge is 2.30. The van der Waals surface area contributed by atoms with Crippen LogP contribution in [0.4, 0.5) is 0 Å². The summed E-state index contributed by atoms with van der Waals surface area (Å²) in [6, 6.07) is 8.91. The normalized spacial score (nSPS) is 25.1. The molecule has 1 aliphatic heterocycles. The molecule has 0 aromatic heterocycles. The lowest BCUT2D eigenvalue weighted by Gasteiger charge is -2.23. The molecule has 0 spiro atoms. The Morgan fingerprint density at radius 3 is 2.94 bits per heavy atom. The summed E-state index contributed by atoms with van der Waals surface area (Å²) in [7, 11) is 2.14. The molecule has 3 heteroatoms. The average Bonchev–Trinajstić information content (AvgIpc) is 2.67. The molecule has 2 N–H and O–H groups in total. The largest absolute Gasteiger partial charge is 0.494 e. The van der Waals surface area contributed by atoms with Crippen LogP contribution in [-0.2, 0) is 0 Å². The van der Waals surface area contributed by atoms with Crippen molar-refractivity contribution in [3.63, 3.8) is 0 Å². The molecule has 0 aliphatic carbocycles. The molecule has 94 valence electrons. The van der Waals surface area contributed by atoms with E-state index >= 15 is 0 Å². The van der Waals surface area contributed by atoms with E-state index in [1.807, 2.05) is 6.07 Å². The van der Waals surface area contributed by atoms with Gasteiger partial charge in [0.15, 0.2) is 0 Å². The zero-order valence-electron chi connectivity index (χ0n) is 10.7. The second kappa shape index (κ2) is 5.52. The maximum Gasteiger partial charge on any atom is 0.119 e. The third kappa shape index (κ3) is 2.79. The van der Waals surface area contributed by atoms with E-state index in [4.69, 9.17) is 10.5 Å². The van der Waals surface area contributed by atoms with Crippen molar-refractivity contribution in [2.75, 3.05) is 20.2 Å². The van der Waals surface area contributed by atoms with Gasteiger partial charge < -0.3 is 10.5 Å². The van der Waals surface area contributed by atoms with Gasteiger partial charge >= 0.3 is 0 Å². The fourth-order valence-corrected chi connectivity index (χ4v) is 2.49. The van der Waals surface area contributed by atoms with Gasteiger partial charge in [0.25, 0.3) is 0 Å². The predicted octanol–water partition coefficient (Wildman–Crippen LogP) is 2.18. The number of likely N-dealkylation sites (N-methyl/N-ethyl adjacent to an activating group) is 1. The third-order valence-corrected chi connectivity index (χ3v) is 3.37. The summed E-state index contributed by atoms with van der Waals surface area (Å²) in [4.78, 5) is 2.32. The van der Waals surface area contributed by atoms with E-state index in [2.05, 4.69) is 37.1 Å². The summed E-state index contributed by atoms with van der Waals surface area (Å²) in [6.07, 6.45) is 2.11. The van der Waals surface area contributed by atoms with Gasteiger partial charge in [0.1, 0.15) is 5.75 Å². The van der Waals surface area contributed by atoms with Crippen LogP contribution in [0.3, 0.4) is 0 Å². The Labute approximate surface area is 104 Å². The molecular weight excluding hydrogens is 212 g/mol. The maximum atomic E-state index is 6.17. The first kappa shape index (κ1) is 12.4. The van der Waals surface area contributed by atoms with Crippen LogP contribution in [0.25, 0.3) is 0 Å². The molecule has 0 saturated carbocycles. The van der Waals surface area contributed by atoms with Crippen molar-refractivity contribution < 1.29 is 4.74 Å². The first-order valence-electron chi connectivity index (χ1n) is 6.41. The highest BCUT2D eigenvalue weighted by atomic mass is 16.5. The van der Waals surface area contributed by atoms with Crippen molar-refractivity contribution in [1.29, 1.82) is 0 Å².